The van der Waals surface area contributed by atoms with Crippen molar-refractivity contribution in [2.75, 3.05) is 13.1 Å². The van der Waals surface area contributed by atoms with Crippen LogP contribution in [0.4, 0.5) is 0 Å². The Kier molecular flexibility index (Phi) is 4.56. The van der Waals surface area contributed by atoms with Crippen LogP contribution in [0.2, 0.25) is 0 Å². The van der Waals surface area contributed by atoms with E-state index in [4.69, 9.17) is 0 Å². The molecule has 3 heteroatoms. The number of carbonyl (C=O) groups excluding carboxylic acids is 2. The summed E-state index contributed by atoms with van der Waals surface area (Å²) in [6.07, 6.45) is 1.56. The number of carbonyl (C=O) groups is 2. The Morgan fingerprint density at radius 3 is 2.00 bits per heavy atom. The predicted octanol–water partition coefficient (Wildman–Crippen LogP) is 3.79. The van der Waals surface area contributed by atoms with Crippen LogP contribution in [0.25, 0.3) is 11.1 Å². The first-order valence-electron chi connectivity index (χ1n) is 8.10. The van der Waals surface area contributed by atoms with Crippen LogP contribution >= 0.6 is 0 Å². The van der Waals surface area contributed by atoms with Crippen LogP contribution in [0.3, 0.4) is 0 Å². The molecule has 0 aromatic heterocycles. The highest BCUT2D eigenvalue weighted by Gasteiger charge is 2.25. The lowest BCUT2D eigenvalue weighted by Gasteiger charge is -2.31. The van der Waals surface area contributed by atoms with Gasteiger partial charge in [0, 0.05) is 24.6 Å². The molecule has 0 unspecified atom stereocenters. The molecule has 1 aliphatic heterocycles. The fraction of sp³-hybridized carbons (Fsp3) is 0.300. The lowest BCUT2D eigenvalue weighted by atomic mass is 9.93. The predicted molar refractivity (Wildman–Crippen MR) is 91.2 cm³/mol. The number of rotatable bonds is 3. The molecule has 1 heterocycles. The maximum absolute atomic E-state index is 12.6. The van der Waals surface area contributed by atoms with Gasteiger partial charge in [-0.3, -0.25) is 9.59 Å². The van der Waals surface area contributed by atoms with Crippen LogP contribution in [0, 0.1) is 5.92 Å². The number of piperidine rings is 1. The number of hydrogen-bond donors (Lipinski definition) is 0. The van der Waals surface area contributed by atoms with Gasteiger partial charge in [0.25, 0.3) is 5.91 Å². The molecule has 1 amide bonds. The fourth-order valence-electron chi connectivity index (χ4n) is 3.11. The van der Waals surface area contributed by atoms with E-state index >= 15 is 0 Å². The van der Waals surface area contributed by atoms with E-state index in [1.807, 2.05) is 47.4 Å². The van der Waals surface area contributed by atoms with E-state index in [0.29, 0.717) is 18.7 Å². The van der Waals surface area contributed by atoms with E-state index in [2.05, 4.69) is 12.1 Å². The number of amides is 1. The Labute approximate surface area is 136 Å². The normalized spacial score (nSPS) is 15.4. The minimum Gasteiger partial charge on any atom is -0.339 e. The third kappa shape index (κ3) is 3.50. The van der Waals surface area contributed by atoms with Gasteiger partial charge in [-0.05, 0) is 43.0 Å². The van der Waals surface area contributed by atoms with E-state index < -0.39 is 0 Å². The largest absolute Gasteiger partial charge is 0.339 e. The first kappa shape index (κ1) is 15.5. The van der Waals surface area contributed by atoms with Gasteiger partial charge in [-0.2, -0.15) is 0 Å². The van der Waals surface area contributed by atoms with Crippen molar-refractivity contribution < 1.29 is 9.59 Å². The lowest BCUT2D eigenvalue weighted by Crippen LogP contribution is -2.39. The highest BCUT2D eigenvalue weighted by molar-refractivity contribution is 5.95. The number of hydrogen-bond acceptors (Lipinski definition) is 2. The van der Waals surface area contributed by atoms with E-state index in [1.54, 1.807) is 6.92 Å². The SMILES string of the molecule is CC(=O)C1CCN(C(=O)c2ccc(-c3ccccc3)cc2)CC1. The van der Waals surface area contributed by atoms with Crippen LogP contribution in [0.1, 0.15) is 30.1 Å². The number of ketones is 1. The van der Waals surface area contributed by atoms with E-state index in [0.717, 1.165) is 24.0 Å². The molecular weight excluding hydrogens is 286 g/mol. The average molecular weight is 307 g/mol. The molecule has 1 fully saturated rings. The summed E-state index contributed by atoms with van der Waals surface area (Å²) in [7, 11) is 0. The molecule has 0 atom stereocenters. The molecule has 118 valence electrons. The fourth-order valence-corrected chi connectivity index (χ4v) is 3.11. The van der Waals surface area contributed by atoms with Crippen molar-refractivity contribution in [2.45, 2.75) is 19.8 Å². The minimum absolute atomic E-state index is 0.0617. The van der Waals surface area contributed by atoms with Gasteiger partial charge in [0.1, 0.15) is 5.78 Å². The standard InChI is InChI=1S/C20H21NO2/c1-15(22)16-11-13-21(14-12-16)20(23)19-9-7-18(8-10-19)17-5-3-2-4-6-17/h2-10,16H,11-14H2,1H3. The quantitative estimate of drug-likeness (QED) is 0.865. The molecule has 0 saturated carbocycles. The number of nitrogens with zero attached hydrogens (tertiary/aromatic N) is 1. The first-order chi connectivity index (χ1) is 11.1. The zero-order valence-electron chi connectivity index (χ0n) is 13.4. The van der Waals surface area contributed by atoms with Gasteiger partial charge in [-0.15, -0.1) is 0 Å². The summed E-state index contributed by atoms with van der Waals surface area (Å²) in [6, 6.07) is 17.9. The number of benzene rings is 2. The molecule has 0 spiro atoms. The minimum atomic E-state index is 0.0617. The molecule has 2 aromatic carbocycles. The molecule has 3 rings (SSSR count). The van der Waals surface area contributed by atoms with Crippen LogP contribution < -0.4 is 0 Å². The summed E-state index contributed by atoms with van der Waals surface area (Å²) in [5, 5.41) is 0. The van der Waals surface area contributed by atoms with Gasteiger partial charge in [-0.25, -0.2) is 0 Å². The van der Waals surface area contributed by atoms with Crippen molar-refractivity contribution in [3.63, 3.8) is 0 Å². The van der Waals surface area contributed by atoms with Crippen LogP contribution in [-0.4, -0.2) is 29.7 Å². The van der Waals surface area contributed by atoms with Crippen molar-refractivity contribution >= 4 is 11.7 Å². The third-order valence-corrected chi connectivity index (χ3v) is 4.60. The van der Waals surface area contributed by atoms with E-state index in [9.17, 15) is 9.59 Å². The Balaban J connectivity index is 1.68. The highest BCUT2D eigenvalue weighted by atomic mass is 16.2. The van der Waals surface area contributed by atoms with E-state index in [1.165, 1.54) is 0 Å². The molecule has 1 saturated heterocycles. The van der Waals surface area contributed by atoms with E-state index in [-0.39, 0.29) is 17.6 Å². The second-order valence-electron chi connectivity index (χ2n) is 6.12. The zero-order valence-corrected chi connectivity index (χ0v) is 13.4. The summed E-state index contributed by atoms with van der Waals surface area (Å²) < 4.78 is 0. The first-order valence-corrected chi connectivity index (χ1v) is 8.10. The van der Waals surface area contributed by atoms with Gasteiger partial charge < -0.3 is 4.90 Å². The maximum atomic E-state index is 12.6. The van der Waals surface area contributed by atoms with Gasteiger partial charge in [-0.1, -0.05) is 42.5 Å². The molecular formula is C20H21NO2. The Morgan fingerprint density at radius 2 is 1.43 bits per heavy atom. The second-order valence-corrected chi connectivity index (χ2v) is 6.12. The molecule has 3 nitrogen and oxygen atoms in total. The summed E-state index contributed by atoms with van der Waals surface area (Å²) in [6.45, 7) is 2.98. The second kappa shape index (κ2) is 6.78. The Hall–Kier alpha value is -2.42. The van der Waals surface area contributed by atoms with Crippen LogP contribution in [0.15, 0.2) is 54.6 Å². The van der Waals surface area contributed by atoms with Crippen LogP contribution in [0.5, 0.6) is 0 Å². The third-order valence-electron chi connectivity index (χ3n) is 4.60. The topological polar surface area (TPSA) is 37.4 Å². The monoisotopic (exact) mass is 307 g/mol. The Bertz CT molecular complexity index is 683. The van der Waals surface area contributed by atoms with Gasteiger partial charge in [0.2, 0.25) is 0 Å². The van der Waals surface area contributed by atoms with Crippen molar-refractivity contribution in [3.05, 3.63) is 60.2 Å². The molecule has 0 bridgehead atoms. The van der Waals surface area contributed by atoms with Crippen molar-refractivity contribution in [1.29, 1.82) is 0 Å². The molecule has 1 aliphatic rings. The smallest absolute Gasteiger partial charge is 0.253 e. The van der Waals surface area contributed by atoms with Gasteiger partial charge in [0.15, 0.2) is 0 Å². The molecule has 0 radical (unpaired) electrons. The van der Waals surface area contributed by atoms with Gasteiger partial charge >= 0.3 is 0 Å². The molecule has 23 heavy (non-hydrogen) atoms. The summed E-state index contributed by atoms with van der Waals surface area (Å²) in [4.78, 5) is 25.8. The highest BCUT2D eigenvalue weighted by Crippen LogP contribution is 2.22. The zero-order chi connectivity index (χ0) is 16.2. The molecule has 0 N–H and O–H groups in total. The summed E-state index contributed by atoms with van der Waals surface area (Å²) >= 11 is 0. The van der Waals surface area contributed by atoms with Crippen LogP contribution in [-0.2, 0) is 4.79 Å². The number of likely N-dealkylation sites (tertiary alicyclic amines) is 1. The summed E-state index contributed by atoms with van der Waals surface area (Å²) in [5.41, 5.74) is 2.97. The summed E-state index contributed by atoms with van der Waals surface area (Å²) in [5.74, 6) is 0.426. The number of Topliss-reactive ketones (excluding diaryl/α,β-unsaturated/α-hetero) is 1. The van der Waals surface area contributed by atoms with Crippen molar-refractivity contribution in [1.82, 2.24) is 4.90 Å². The Morgan fingerprint density at radius 1 is 0.870 bits per heavy atom. The van der Waals surface area contributed by atoms with Gasteiger partial charge in [0.05, 0.1) is 0 Å². The van der Waals surface area contributed by atoms with Crippen molar-refractivity contribution in [2.24, 2.45) is 5.92 Å². The lowest BCUT2D eigenvalue weighted by molar-refractivity contribution is -0.121. The maximum Gasteiger partial charge on any atom is 0.253 e. The average Bonchev–Trinajstić information content (AvgIpc) is 2.62. The van der Waals surface area contributed by atoms with Crippen molar-refractivity contribution in [3.8, 4) is 11.1 Å². The molecule has 2 aromatic rings. The molecule has 0 aliphatic carbocycles.